The molecule has 3 heteroatoms. The highest BCUT2D eigenvalue weighted by molar-refractivity contribution is 5.93. The molecule has 3 aromatic rings. The Morgan fingerprint density at radius 3 is 2.12 bits per heavy atom. The topological polar surface area (TPSA) is 41.1 Å². The Labute approximate surface area is 142 Å². The number of hydrogen-bond acceptors (Lipinski definition) is 2. The summed E-state index contributed by atoms with van der Waals surface area (Å²) in [6.07, 6.45) is 0.838. The number of benzene rings is 3. The molecule has 0 radical (unpaired) electrons. The second-order valence-corrected chi connectivity index (χ2v) is 5.59. The highest BCUT2D eigenvalue weighted by Gasteiger charge is 2.06. The number of rotatable bonds is 6. The van der Waals surface area contributed by atoms with Crippen LogP contribution >= 0.6 is 0 Å². The Morgan fingerprint density at radius 1 is 0.750 bits per heavy atom. The summed E-state index contributed by atoms with van der Waals surface area (Å²) in [6, 6.07) is 27.9. The van der Waals surface area contributed by atoms with E-state index in [1.165, 1.54) is 11.1 Å². The predicted octanol–water partition coefficient (Wildman–Crippen LogP) is 4.33. The maximum Gasteiger partial charge on any atom is 0.243 e. The van der Waals surface area contributed by atoms with Crippen LogP contribution in [-0.4, -0.2) is 12.5 Å². The molecule has 0 saturated carbocycles. The molecule has 0 aliphatic carbocycles. The van der Waals surface area contributed by atoms with Gasteiger partial charge in [-0.15, -0.1) is 0 Å². The molecule has 0 spiro atoms. The van der Waals surface area contributed by atoms with Crippen molar-refractivity contribution in [2.45, 2.75) is 6.42 Å². The minimum Gasteiger partial charge on any atom is -0.376 e. The van der Waals surface area contributed by atoms with Gasteiger partial charge in [-0.25, -0.2) is 0 Å². The van der Waals surface area contributed by atoms with E-state index in [1.807, 2.05) is 66.7 Å². The van der Waals surface area contributed by atoms with Gasteiger partial charge in [-0.2, -0.15) is 0 Å². The number of para-hydroxylation sites is 2. The standard InChI is InChI=1S/C21H20N2O/c24-21(23-19-12-5-2-6-13-19)16-22-20-14-8-7-11-18(20)15-17-9-3-1-4-10-17/h1-14,22H,15-16H2,(H,23,24). The van der Waals surface area contributed by atoms with Crippen LogP contribution in [0.25, 0.3) is 0 Å². The average Bonchev–Trinajstić information content (AvgIpc) is 2.63. The zero-order valence-electron chi connectivity index (χ0n) is 13.4. The smallest absolute Gasteiger partial charge is 0.243 e. The maximum absolute atomic E-state index is 12.1. The van der Waals surface area contributed by atoms with Gasteiger partial charge in [0.2, 0.25) is 5.91 Å². The third kappa shape index (κ3) is 4.46. The maximum atomic E-state index is 12.1. The van der Waals surface area contributed by atoms with Crippen molar-refractivity contribution >= 4 is 17.3 Å². The molecule has 0 heterocycles. The molecule has 0 saturated heterocycles. The van der Waals surface area contributed by atoms with Crippen LogP contribution in [0.1, 0.15) is 11.1 Å². The van der Waals surface area contributed by atoms with Crippen molar-refractivity contribution in [1.82, 2.24) is 0 Å². The zero-order chi connectivity index (χ0) is 16.6. The molecule has 3 aromatic carbocycles. The van der Waals surface area contributed by atoms with E-state index in [1.54, 1.807) is 0 Å². The van der Waals surface area contributed by atoms with Crippen LogP contribution in [0.15, 0.2) is 84.9 Å². The summed E-state index contributed by atoms with van der Waals surface area (Å²) < 4.78 is 0. The third-order valence-corrected chi connectivity index (χ3v) is 3.75. The van der Waals surface area contributed by atoms with E-state index in [0.717, 1.165) is 17.8 Å². The second kappa shape index (κ2) is 7.97. The molecule has 0 aliphatic rings. The monoisotopic (exact) mass is 316 g/mol. The van der Waals surface area contributed by atoms with E-state index >= 15 is 0 Å². The first-order valence-corrected chi connectivity index (χ1v) is 8.02. The molecule has 24 heavy (non-hydrogen) atoms. The Hall–Kier alpha value is -3.07. The van der Waals surface area contributed by atoms with Crippen molar-refractivity contribution in [3.63, 3.8) is 0 Å². The van der Waals surface area contributed by atoms with Gasteiger partial charge in [0.15, 0.2) is 0 Å². The molecule has 1 amide bonds. The van der Waals surface area contributed by atoms with Crippen LogP contribution in [-0.2, 0) is 11.2 Å². The fraction of sp³-hybridized carbons (Fsp3) is 0.0952. The van der Waals surface area contributed by atoms with Gasteiger partial charge in [-0.05, 0) is 35.7 Å². The third-order valence-electron chi connectivity index (χ3n) is 3.75. The highest BCUT2D eigenvalue weighted by atomic mass is 16.1. The molecule has 0 unspecified atom stereocenters. The van der Waals surface area contributed by atoms with E-state index in [4.69, 9.17) is 0 Å². The molecule has 0 aromatic heterocycles. The first-order chi connectivity index (χ1) is 11.8. The lowest BCUT2D eigenvalue weighted by atomic mass is 10.0. The molecule has 3 rings (SSSR count). The Kier molecular flexibility index (Phi) is 5.25. The Balaban J connectivity index is 1.62. The lowest BCUT2D eigenvalue weighted by molar-refractivity contribution is -0.114. The fourth-order valence-electron chi connectivity index (χ4n) is 2.56. The summed E-state index contributed by atoms with van der Waals surface area (Å²) >= 11 is 0. The van der Waals surface area contributed by atoms with Crippen LogP contribution in [0, 0.1) is 0 Å². The highest BCUT2D eigenvalue weighted by Crippen LogP contribution is 2.19. The first kappa shape index (κ1) is 15.8. The minimum absolute atomic E-state index is 0.0595. The molecule has 2 N–H and O–H groups in total. The Morgan fingerprint density at radius 2 is 1.38 bits per heavy atom. The van der Waals surface area contributed by atoms with E-state index < -0.39 is 0 Å². The normalized spacial score (nSPS) is 10.2. The van der Waals surface area contributed by atoms with Gasteiger partial charge in [0.1, 0.15) is 0 Å². The SMILES string of the molecule is O=C(CNc1ccccc1Cc1ccccc1)Nc1ccccc1. The van der Waals surface area contributed by atoms with Gasteiger partial charge in [-0.1, -0.05) is 66.7 Å². The van der Waals surface area contributed by atoms with E-state index in [-0.39, 0.29) is 12.5 Å². The number of hydrogen-bond donors (Lipinski definition) is 2. The average molecular weight is 316 g/mol. The van der Waals surface area contributed by atoms with Crippen LogP contribution in [0.2, 0.25) is 0 Å². The summed E-state index contributed by atoms with van der Waals surface area (Å²) in [4.78, 5) is 12.1. The lowest BCUT2D eigenvalue weighted by Crippen LogP contribution is -2.22. The van der Waals surface area contributed by atoms with Crippen molar-refractivity contribution in [2.24, 2.45) is 0 Å². The predicted molar refractivity (Wildman–Crippen MR) is 99.3 cm³/mol. The van der Waals surface area contributed by atoms with Crippen LogP contribution in [0.5, 0.6) is 0 Å². The van der Waals surface area contributed by atoms with Gasteiger partial charge < -0.3 is 10.6 Å². The van der Waals surface area contributed by atoms with Crippen molar-refractivity contribution in [3.05, 3.63) is 96.1 Å². The molecule has 0 fully saturated rings. The number of anilines is 2. The van der Waals surface area contributed by atoms with Crippen molar-refractivity contribution < 1.29 is 4.79 Å². The van der Waals surface area contributed by atoms with Crippen LogP contribution < -0.4 is 10.6 Å². The molecule has 0 bridgehead atoms. The Bertz CT molecular complexity index is 785. The molecular weight excluding hydrogens is 296 g/mol. The van der Waals surface area contributed by atoms with E-state index in [0.29, 0.717) is 0 Å². The van der Waals surface area contributed by atoms with E-state index in [2.05, 4.69) is 28.8 Å². The largest absolute Gasteiger partial charge is 0.376 e. The summed E-state index contributed by atoms with van der Waals surface area (Å²) in [6.45, 7) is 0.237. The molecule has 120 valence electrons. The van der Waals surface area contributed by atoms with Crippen molar-refractivity contribution in [2.75, 3.05) is 17.2 Å². The summed E-state index contributed by atoms with van der Waals surface area (Å²) in [7, 11) is 0. The number of amides is 1. The van der Waals surface area contributed by atoms with Crippen LogP contribution in [0.4, 0.5) is 11.4 Å². The fourth-order valence-corrected chi connectivity index (χ4v) is 2.56. The van der Waals surface area contributed by atoms with Gasteiger partial charge in [0.25, 0.3) is 0 Å². The zero-order valence-corrected chi connectivity index (χ0v) is 13.4. The van der Waals surface area contributed by atoms with Crippen LogP contribution in [0.3, 0.4) is 0 Å². The molecule has 0 aliphatic heterocycles. The van der Waals surface area contributed by atoms with E-state index in [9.17, 15) is 4.79 Å². The quantitative estimate of drug-likeness (QED) is 0.711. The molecule has 3 nitrogen and oxygen atoms in total. The lowest BCUT2D eigenvalue weighted by Gasteiger charge is -2.12. The van der Waals surface area contributed by atoms with Crippen molar-refractivity contribution in [1.29, 1.82) is 0 Å². The van der Waals surface area contributed by atoms with Gasteiger partial charge in [-0.3, -0.25) is 4.79 Å². The van der Waals surface area contributed by atoms with Gasteiger partial charge in [0.05, 0.1) is 6.54 Å². The molecule has 0 atom stereocenters. The first-order valence-electron chi connectivity index (χ1n) is 8.02. The number of carbonyl (C=O) groups is 1. The second-order valence-electron chi connectivity index (χ2n) is 5.59. The summed E-state index contributed by atoms with van der Waals surface area (Å²) in [5.41, 5.74) is 4.23. The number of carbonyl (C=O) groups excluding carboxylic acids is 1. The summed E-state index contributed by atoms with van der Waals surface area (Å²) in [5, 5.41) is 6.12. The van der Waals surface area contributed by atoms with Crippen molar-refractivity contribution in [3.8, 4) is 0 Å². The minimum atomic E-state index is -0.0595. The summed E-state index contributed by atoms with van der Waals surface area (Å²) in [5.74, 6) is -0.0595. The molecular formula is C21H20N2O. The van der Waals surface area contributed by atoms with Gasteiger partial charge >= 0.3 is 0 Å². The number of nitrogens with one attached hydrogen (secondary N) is 2. The van der Waals surface area contributed by atoms with Gasteiger partial charge in [0, 0.05) is 11.4 Å².